The standard InChI is InChI=1S/C38H30BN/c1-21-11-16-33-31(17-21)39-32-18-22(2)23(3)24(4)35(32)30-9-6-10-34(38(30)39)40(33)29-19-27-14-12-25-7-5-8-26-13-15-28(20-29)37(27)36(25)26/h5-14,16-20,36H,15H2,1-4H3. The second-order valence-corrected chi connectivity index (χ2v) is 12.3. The third-order valence-electron chi connectivity index (χ3n) is 10.2. The first-order chi connectivity index (χ1) is 19.5. The summed E-state index contributed by atoms with van der Waals surface area (Å²) in [5, 5.41) is 0. The van der Waals surface area contributed by atoms with Gasteiger partial charge in [-0.05, 0) is 125 Å². The molecule has 40 heavy (non-hydrogen) atoms. The first-order valence-corrected chi connectivity index (χ1v) is 14.6. The van der Waals surface area contributed by atoms with Crippen molar-refractivity contribution >= 4 is 46.2 Å². The molecule has 0 radical (unpaired) electrons. The monoisotopic (exact) mass is 511 g/mol. The highest BCUT2D eigenvalue weighted by Gasteiger charge is 2.43. The predicted octanol–water partition coefficient (Wildman–Crippen LogP) is 7.29. The number of rotatable bonds is 1. The number of fused-ring (bicyclic) bond motifs is 5. The molecule has 0 spiro atoms. The largest absolute Gasteiger partial charge is 0.311 e. The highest BCUT2D eigenvalue weighted by atomic mass is 15.2. The van der Waals surface area contributed by atoms with Crippen molar-refractivity contribution in [3.05, 3.63) is 135 Å². The van der Waals surface area contributed by atoms with Crippen LogP contribution in [0.15, 0.2) is 96.1 Å². The summed E-state index contributed by atoms with van der Waals surface area (Å²) in [7, 11) is 0. The topological polar surface area (TPSA) is 3.24 Å². The van der Waals surface area contributed by atoms with Crippen molar-refractivity contribution in [2.75, 3.05) is 4.90 Å². The van der Waals surface area contributed by atoms with E-state index in [9.17, 15) is 0 Å². The quantitative estimate of drug-likeness (QED) is 0.210. The summed E-state index contributed by atoms with van der Waals surface area (Å²) in [6.07, 6.45) is 14.9. The molecular formula is C38H30BN. The number of allylic oxidation sites excluding steroid dienone is 7. The summed E-state index contributed by atoms with van der Waals surface area (Å²) >= 11 is 0. The summed E-state index contributed by atoms with van der Waals surface area (Å²) in [5.41, 5.74) is 23.9. The van der Waals surface area contributed by atoms with Crippen LogP contribution >= 0.6 is 0 Å². The summed E-state index contributed by atoms with van der Waals surface area (Å²) in [6, 6.07) is 21.4. The SMILES string of the molecule is Cc1ccc2c(c1)B1c3cc(C)c(C)c(C)c3-c3cccc(c31)N2c1cc2c3c(c1)CC=C1C=CC=C(C=C2)C13. The average molecular weight is 511 g/mol. The van der Waals surface area contributed by atoms with E-state index in [4.69, 9.17) is 0 Å². The predicted molar refractivity (Wildman–Crippen MR) is 171 cm³/mol. The summed E-state index contributed by atoms with van der Waals surface area (Å²) in [5.74, 6) is 0.383. The lowest BCUT2D eigenvalue weighted by Crippen LogP contribution is -2.55. The molecule has 190 valence electrons. The Morgan fingerprint density at radius 3 is 2.60 bits per heavy atom. The van der Waals surface area contributed by atoms with Crippen molar-refractivity contribution < 1.29 is 0 Å². The molecule has 2 heterocycles. The Morgan fingerprint density at radius 2 is 1.70 bits per heavy atom. The minimum absolute atomic E-state index is 0.272. The number of nitrogens with zero attached hydrogens (tertiary/aromatic N) is 1. The maximum absolute atomic E-state index is 2.56. The fraction of sp³-hybridized carbons (Fsp3) is 0.158. The molecule has 4 aromatic carbocycles. The lowest BCUT2D eigenvalue weighted by Gasteiger charge is -2.38. The van der Waals surface area contributed by atoms with Crippen molar-refractivity contribution in [3.63, 3.8) is 0 Å². The normalized spacial score (nSPS) is 18.1. The molecule has 0 bridgehead atoms. The van der Waals surface area contributed by atoms with E-state index in [2.05, 4.69) is 124 Å². The molecule has 1 atom stereocenters. The Morgan fingerprint density at radius 1 is 0.800 bits per heavy atom. The van der Waals surface area contributed by atoms with Gasteiger partial charge in [0.15, 0.2) is 0 Å². The van der Waals surface area contributed by atoms with E-state index in [-0.39, 0.29) is 6.71 Å². The molecule has 4 aromatic rings. The fourth-order valence-corrected chi connectivity index (χ4v) is 8.21. The highest BCUT2D eigenvalue weighted by molar-refractivity contribution is 7.01. The number of hydrogen-bond acceptors (Lipinski definition) is 1. The third-order valence-corrected chi connectivity index (χ3v) is 10.2. The molecule has 1 nitrogen and oxygen atoms in total. The van der Waals surface area contributed by atoms with E-state index in [1.165, 1.54) is 94.7 Å². The summed E-state index contributed by atoms with van der Waals surface area (Å²) in [6.45, 7) is 9.37. The first-order valence-electron chi connectivity index (χ1n) is 14.6. The van der Waals surface area contributed by atoms with E-state index >= 15 is 0 Å². The Bertz CT molecular complexity index is 1980. The molecule has 9 rings (SSSR count). The number of hydrogen-bond donors (Lipinski definition) is 0. The van der Waals surface area contributed by atoms with Crippen molar-refractivity contribution in [3.8, 4) is 11.1 Å². The highest BCUT2D eigenvalue weighted by Crippen LogP contribution is 2.49. The third kappa shape index (κ3) is 2.74. The van der Waals surface area contributed by atoms with E-state index in [0.717, 1.165) is 6.42 Å². The van der Waals surface area contributed by atoms with Gasteiger partial charge in [-0.2, -0.15) is 0 Å². The molecule has 1 unspecified atom stereocenters. The number of aryl methyl sites for hydroxylation is 2. The zero-order valence-electron chi connectivity index (χ0n) is 23.5. The van der Waals surface area contributed by atoms with E-state index < -0.39 is 0 Å². The summed E-state index contributed by atoms with van der Waals surface area (Å²) < 4.78 is 0. The van der Waals surface area contributed by atoms with E-state index in [0.29, 0.717) is 5.92 Å². The van der Waals surface area contributed by atoms with E-state index in [1.54, 1.807) is 0 Å². The van der Waals surface area contributed by atoms with Crippen LogP contribution in [0.1, 0.15) is 44.9 Å². The number of benzene rings is 4. The Labute approximate surface area is 237 Å². The van der Waals surface area contributed by atoms with Crippen LogP contribution in [0.4, 0.5) is 17.1 Å². The van der Waals surface area contributed by atoms with Crippen LogP contribution in [0.25, 0.3) is 17.2 Å². The molecule has 0 amide bonds. The molecule has 3 aliphatic carbocycles. The van der Waals surface area contributed by atoms with Crippen molar-refractivity contribution in [1.29, 1.82) is 0 Å². The van der Waals surface area contributed by atoms with Gasteiger partial charge in [0, 0.05) is 23.0 Å². The zero-order valence-corrected chi connectivity index (χ0v) is 23.5. The maximum atomic E-state index is 2.56. The average Bonchev–Trinajstić information content (AvgIpc) is 3.30. The van der Waals surface area contributed by atoms with Crippen LogP contribution in [0.5, 0.6) is 0 Å². The summed E-state index contributed by atoms with van der Waals surface area (Å²) in [4.78, 5) is 2.56. The van der Waals surface area contributed by atoms with Gasteiger partial charge in [-0.25, -0.2) is 0 Å². The molecule has 0 aromatic heterocycles. The van der Waals surface area contributed by atoms with Crippen molar-refractivity contribution in [1.82, 2.24) is 0 Å². The molecular weight excluding hydrogens is 481 g/mol. The van der Waals surface area contributed by atoms with Crippen LogP contribution in [-0.4, -0.2) is 6.71 Å². The minimum Gasteiger partial charge on any atom is -0.311 e. The van der Waals surface area contributed by atoms with Gasteiger partial charge in [0.1, 0.15) is 0 Å². The molecule has 2 heteroatoms. The molecule has 0 N–H and O–H groups in total. The fourth-order valence-electron chi connectivity index (χ4n) is 8.21. The van der Waals surface area contributed by atoms with Crippen LogP contribution in [-0.2, 0) is 6.42 Å². The molecule has 5 aliphatic rings. The van der Waals surface area contributed by atoms with Crippen LogP contribution in [0.2, 0.25) is 0 Å². The van der Waals surface area contributed by atoms with Gasteiger partial charge in [0.05, 0.1) is 0 Å². The van der Waals surface area contributed by atoms with Gasteiger partial charge in [-0.15, -0.1) is 0 Å². The van der Waals surface area contributed by atoms with Gasteiger partial charge < -0.3 is 4.90 Å². The Kier molecular flexibility index (Phi) is 4.32. The Hall–Kier alpha value is -4.30. The van der Waals surface area contributed by atoms with Gasteiger partial charge in [0.25, 0.3) is 0 Å². The molecule has 0 saturated heterocycles. The van der Waals surface area contributed by atoms with Gasteiger partial charge in [0.2, 0.25) is 6.71 Å². The molecule has 0 fully saturated rings. The van der Waals surface area contributed by atoms with Crippen molar-refractivity contribution in [2.24, 2.45) is 0 Å². The lowest BCUT2D eigenvalue weighted by molar-refractivity contribution is 0.892. The van der Waals surface area contributed by atoms with Gasteiger partial charge in [-0.1, -0.05) is 77.8 Å². The van der Waals surface area contributed by atoms with Crippen molar-refractivity contribution in [2.45, 2.75) is 40.0 Å². The molecule has 2 aliphatic heterocycles. The zero-order chi connectivity index (χ0) is 26.9. The first kappa shape index (κ1) is 22.5. The second kappa shape index (κ2) is 7.67. The second-order valence-electron chi connectivity index (χ2n) is 12.3. The Balaban J connectivity index is 1.32. The lowest BCUT2D eigenvalue weighted by atomic mass is 9.37. The van der Waals surface area contributed by atoms with Crippen LogP contribution in [0.3, 0.4) is 0 Å². The smallest absolute Gasteiger partial charge is 0.248 e. The van der Waals surface area contributed by atoms with Gasteiger partial charge in [-0.3, -0.25) is 0 Å². The van der Waals surface area contributed by atoms with Gasteiger partial charge >= 0.3 is 0 Å². The van der Waals surface area contributed by atoms with E-state index in [1.807, 2.05) is 0 Å². The van der Waals surface area contributed by atoms with Crippen LogP contribution in [0, 0.1) is 27.7 Å². The number of anilines is 3. The van der Waals surface area contributed by atoms with Crippen LogP contribution < -0.4 is 21.3 Å². The maximum Gasteiger partial charge on any atom is 0.248 e. The minimum atomic E-state index is 0.272. The molecule has 0 saturated carbocycles.